The zero-order chi connectivity index (χ0) is 11.7. The van der Waals surface area contributed by atoms with E-state index in [-0.39, 0.29) is 11.5 Å². The third-order valence-electron chi connectivity index (χ3n) is 3.38. The van der Waals surface area contributed by atoms with Crippen molar-refractivity contribution in [2.24, 2.45) is 11.8 Å². The first kappa shape index (κ1) is 11.1. The van der Waals surface area contributed by atoms with Crippen LogP contribution in [0.3, 0.4) is 0 Å². The molecule has 1 aliphatic rings. The molecule has 0 saturated carbocycles. The number of hydrogen-bond acceptors (Lipinski definition) is 1. The van der Waals surface area contributed by atoms with E-state index in [4.69, 9.17) is 0 Å². The van der Waals surface area contributed by atoms with Gasteiger partial charge in [0.25, 0.3) is 5.91 Å². The summed E-state index contributed by atoms with van der Waals surface area (Å²) in [5.74, 6) is 0.375. The highest BCUT2D eigenvalue weighted by Crippen LogP contribution is 2.24. The van der Waals surface area contributed by atoms with Gasteiger partial charge in [-0.05, 0) is 24.0 Å². The lowest BCUT2D eigenvalue weighted by Crippen LogP contribution is -2.29. The molecule has 0 radical (unpaired) electrons. The Kier molecular flexibility index (Phi) is 2.95. The number of benzene rings is 1. The smallest absolute Gasteiger partial charge is 0.256 e. The van der Waals surface area contributed by atoms with Crippen LogP contribution in [0.4, 0.5) is 4.39 Å². The number of rotatable bonds is 1. The summed E-state index contributed by atoms with van der Waals surface area (Å²) in [5, 5.41) is 0. The van der Waals surface area contributed by atoms with Gasteiger partial charge in [0.15, 0.2) is 0 Å². The molecule has 1 aromatic carbocycles. The zero-order valence-corrected chi connectivity index (χ0v) is 9.61. The van der Waals surface area contributed by atoms with Gasteiger partial charge in [-0.15, -0.1) is 0 Å². The Morgan fingerprint density at radius 2 is 1.81 bits per heavy atom. The molecule has 1 amide bonds. The number of hydrogen-bond donors (Lipinski definition) is 0. The molecule has 1 saturated heterocycles. The van der Waals surface area contributed by atoms with Crippen LogP contribution in [0.2, 0.25) is 0 Å². The van der Waals surface area contributed by atoms with Crippen molar-refractivity contribution in [2.45, 2.75) is 13.8 Å². The van der Waals surface area contributed by atoms with Crippen LogP contribution in [-0.2, 0) is 0 Å². The highest BCUT2D eigenvalue weighted by atomic mass is 19.1. The Bertz CT molecular complexity index is 395. The molecule has 86 valence electrons. The van der Waals surface area contributed by atoms with Gasteiger partial charge in [-0.2, -0.15) is 0 Å². The molecule has 1 fully saturated rings. The number of halogens is 1. The molecule has 3 heteroatoms. The van der Waals surface area contributed by atoms with E-state index in [9.17, 15) is 9.18 Å². The molecule has 0 aromatic heterocycles. The first-order valence-corrected chi connectivity index (χ1v) is 5.63. The average Bonchev–Trinajstić information content (AvgIpc) is 2.59. The van der Waals surface area contributed by atoms with Crippen molar-refractivity contribution >= 4 is 5.91 Å². The largest absolute Gasteiger partial charge is 0.338 e. The highest BCUT2D eigenvalue weighted by molar-refractivity contribution is 5.94. The molecular weight excluding hydrogens is 205 g/mol. The minimum absolute atomic E-state index is 0.184. The quantitative estimate of drug-likeness (QED) is 0.713. The lowest BCUT2D eigenvalue weighted by atomic mass is 10.0. The van der Waals surface area contributed by atoms with Crippen LogP contribution in [-0.4, -0.2) is 23.9 Å². The first-order chi connectivity index (χ1) is 7.59. The molecule has 2 rings (SSSR count). The molecule has 0 aliphatic carbocycles. The van der Waals surface area contributed by atoms with Gasteiger partial charge in [0.1, 0.15) is 5.82 Å². The Labute approximate surface area is 95.1 Å². The fourth-order valence-electron chi connectivity index (χ4n) is 2.10. The number of likely N-dealkylation sites (tertiary alicyclic amines) is 1. The molecule has 2 nitrogen and oxygen atoms in total. The first-order valence-electron chi connectivity index (χ1n) is 5.63. The van der Waals surface area contributed by atoms with Crippen molar-refractivity contribution in [1.29, 1.82) is 0 Å². The summed E-state index contributed by atoms with van der Waals surface area (Å²) in [6.07, 6.45) is 0. The van der Waals surface area contributed by atoms with Crippen molar-refractivity contribution in [3.63, 3.8) is 0 Å². The Morgan fingerprint density at radius 1 is 1.25 bits per heavy atom. The summed E-state index contributed by atoms with van der Waals surface area (Å²) in [6.45, 7) is 5.71. The predicted octanol–water partition coefficient (Wildman–Crippen LogP) is 2.55. The second-order valence-corrected chi connectivity index (χ2v) is 4.64. The van der Waals surface area contributed by atoms with Gasteiger partial charge in [0.05, 0.1) is 5.56 Å². The maximum Gasteiger partial charge on any atom is 0.256 e. The van der Waals surface area contributed by atoms with Gasteiger partial charge < -0.3 is 4.90 Å². The molecule has 16 heavy (non-hydrogen) atoms. The van der Waals surface area contributed by atoms with Crippen molar-refractivity contribution in [1.82, 2.24) is 4.90 Å². The number of nitrogens with zero attached hydrogens (tertiary/aromatic N) is 1. The van der Waals surface area contributed by atoms with Crippen LogP contribution in [0.1, 0.15) is 24.2 Å². The molecule has 2 unspecified atom stereocenters. The SMILES string of the molecule is CC1CN(C(=O)c2ccccc2F)CC1C. The fraction of sp³-hybridized carbons (Fsp3) is 0.462. The van der Waals surface area contributed by atoms with E-state index < -0.39 is 5.82 Å². The lowest BCUT2D eigenvalue weighted by Gasteiger charge is -2.16. The second kappa shape index (κ2) is 4.24. The monoisotopic (exact) mass is 221 g/mol. The number of amides is 1. The molecule has 2 atom stereocenters. The van der Waals surface area contributed by atoms with Gasteiger partial charge in [-0.3, -0.25) is 4.79 Å². The van der Waals surface area contributed by atoms with E-state index in [1.165, 1.54) is 6.07 Å². The van der Waals surface area contributed by atoms with Crippen LogP contribution >= 0.6 is 0 Å². The van der Waals surface area contributed by atoms with E-state index >= 15 is 0 Å². The van der Waals surface area contributed by atoms with E-state index in [1.807, 2.05) is 0 Å². The number of carbonyl (C=O) groups excluding carboxylic acids is 1. The summed E-state index contributed by atoms with van der Waals surface area (Å²) in [4.78, 5) is 13.8. The van der Waals surface area contributed by atoms with Gasteiger partial charge in [0.2, 0.25) is 0 Å². The number of carbonyl (C=O) groups is 1. The minimum atomic E-state index is -0.431. The van der Waals surface area contributed by atoms with Crippen molar-refractivity contribution in [3.05, 3.63) is 35.6 Å². The van der Waals surface area contributed by atoms with E-state index in [2.05, 4.69) is 13.8 Å². The second-order valence-electron chi connectivity index (χ2n) is 4.64. The van der Waals surface area contributed by atoms with Gasteiger partial charge >= 0.3 is 0 Å². The molecule has 0 N–H and O–H groups in total. The van der Waals surface area contributed by atoms with E-state index in [0.29, 0.717) is 11.8 Å². The van der Waals surface area contributed by atoms with Crippen LogP contribution in [0.5, 0.6) is 0 Å². The van der Waals surface area contributed by atoms with Crippen LogP contribution in [0.15, 0.2) is 24.3 Å². The third-order valence-corrected chi connectivity index (χ3v) is 3.38. The summed E-state index contributed by atoms with van der Waals surface area (Å²) in [5.41, 5.74) is 0.184. The highest BCUT2D eigenvalue weighted by Gasteiger charge is 2.30. The van der Waals surface area contributed by atoms with Gasteiger partial charge in [0, 0.05) is 13.1 Å². The third kappa shape index (κ3) is 1.94. The Balaban J connectivity index is 2.18. The van der Waals surface area contributed by atoms with Crippen LogP contribution < -0.4 is 0 Å². The van der Waals surface area contributed by atoms with Crippen molar-refractivity contribution in [3.8, 4) is 0 Å². The van der Waals surface area contributed by atoms with Gasteiger partial charge in [-0.1, -0.05) is 26.0 Å². The van der Waals surface area contributed by atoms with Gasteiger partial charge in [-0.25, -0.2) is 4.39 Å². The molecule has 0 spiro atoms. The summed E-state index contributed by atoms with van der Waals surface area (Å²) >= 11 is 0. The average molecular weight is 221 g/mol. The zero-order valence-electron chi connectivity index (χ0n) is 9.61. The normalized spacial score (nSPS) is 24.8. The van der Waals surface area contributed by atoms with E-state index in [1.54, 1.807) is 23.1 Å². The molecular formula is C13H16FNO. The summed E-state index contributed by atoms with van der Waals surface area (Å²) in [6, 6.07) is 6.17. The van der Waals surface area contributed by atoms with Crippen molar-refractivity contribution < 1.29 is 9.18 Å². The minimum Gasteiger partial charge on any atom is -0.338 e. The topological polar surface area (TPSA) is 20.3 Å². The van der Waals surface area contributed by atoms with E-state index in [0.717, 1.165) is 13.1 Å². The predicted molar refractivity (Wildman–Crippen MR) is 60.6 cm³/mol. The maximum absolute atomic E-state index is 13.4. The van der Waals surface area contributed by atoms with Crippen molar-refractivity contribution in [2.75, 3.05) is 13.1 Å². The molecule has 1 aliphatic heterocycles. The Morgan fingerprint density at radius 3 is 2.38 bits per heavy atom. The van der Waals surface area contributed by atoms with Crippen LogP contribution in [0.25, 0.3) is 0 Å². The molecule has 1 aromatic rings. The summed E-state index contributed by atoms with van der Waals surface area (Å²) < 4.78 is 13.4. The Hall–Kier alpha value is -1.38. The fourth-order valence-corrected chi connectivity index (χ4v) is 2.10. The lowest BCUT2D eigenvalue weighted by molar-refractivity contribution is 0.0780. The molecule has 1 heterocycles. The van der Waals surface area contributed by atoms with Crippen LogP contribution in [0, 0.1) is 17.7 Å². The maximum atomic E-state index is 13.4. The standard InChI is InChI=1S/C13H16FNO/c1-9-7-15(8-10(9)2)13(16)11-5-3-4-6-12(11)14/h3-6,9-10H,7-8H2,1-2H3. The molecule has 0 bridgehead atoms. The summed E-state index contributed by atoms with van der Waals surface area (Å²) in [7, 11) is 0.